The Morgan fingerprint density at radius 1 is 1.16 bits per heavy atom. The molecule has 0 aliphatic heterocycles. The number of nitrogens with one attached hydrogen (secondary N) is 2. The van der Waals surface area contributed by atoms with Crippen LogP contribution in [0.4, 0.5) is 10.8 Å². The zero-order valence-corrected chi connectivity index (χ0v) is 19.7. The summed E-state index contributed by atoms with van der Waals surface area (Å²) in [5.74, 6) is 0.714. The molecule has 0 aliphatic rings. The Morgan fingerprint density at radius 2 is 1.90 bits per heavy atom. The molecular formula is C20H18BrN3O5S2. The van der Waals surface area contributed by atoms with Gasteiger partial charge >= 0.3 is 0 Å². The fourth-order valence-corrected chi connectivity index (χ4v) is 4.97. The van der Waals surface area contributed by atoms with Crippen LogP contribution in [-0.4, -0.2) is 33.5 Å². The fourth-order valence-electron chi connectivity index (χ4n) is 2.56. The van der Waals surface area contributed by atoms with Crippen molar-refractivity contribution in [2.45, 2.75) is 4.90 Å². The first-order valence-electron chi connectivity index (χ1n) is 8.75. The first-order valence-corrected chi connectivity index (χ1v) is 11.9. The van der Waals surface area contributed by atoms with E-state index in [2.05, 4.69) is 31.0 Å². The number of methoxy groups -OCH3 is 2. The quantitative estimate of drug-likeness (QED) is 0.424. The number of ether oxygens (including phenoxy) is 2. The van der Waals surface area contributed by atoms with E-state index in [1.165, 1.54) is 62.1 Å². The molecule has 11 heteroatoms. The van der Waals surface area contributed by atoms with Crippen molar-refractivity contribution in [3.05, 3.63) is 64.1 Å². The zero-order valence-electron chi connectivity index (χ0n) is 16.5. The SMILES string of the molecule is COc1cc(C=CC(=O)Nc2ccc(S(=O)(=O)Nc3nccs3)cc2)cc(Br)c1OC. The summed E-state index contributed by atoms with van der Waals surface area (Å²) in [6, 6.07) is 9.36. The molecule has 0 atom stereocenters. The molecule has 0 bridgehead atoms. The van der Waals surface area contributed by atoms with E-state index in [9.17, 15) is 13.2 Å². The van der Waals surface area contributed by atoms with Gasteiger partial charge in [-0.05, 0) is 64.0 Å². The van der Waals surface area contributed by atoms with Gasteiger partial charge in [0.15, 0.2) is 16.6 Å². The molecule has 2 N–H and O–H groups in total. The molecule has 1 aromatic heterocycles. The van der Waals surface area contributed by atoms with Crippen LogP contribution in [-0.2, 0) is 14.8 Å². The van der Waals surface area contributed by atoms with E-state index in [0.717, 1.165) is 5.56 Å². The maximum atomic E-state index is 12.4. The number of hydrogen-bond donors (Lipinski definition) is 2. The second-order valence-corrected chi connectivity index (χ2v) is 9.46. The van der Waals surface area contributed by atoms with E-state index in [4.69, 9.17) is 9.47 Å². The van der Waals surface area contributed by atoms with Crippen molar-refractivity contribution in [1.82, 2.24) is 4.98 Å². The van der Waals surface area contributed by atoms with Gasteiger partial charge in [-0.1, -0.05) is 0 Å². The number of aromatic nitrogens is 1. The number of carbonyl (C=O) groups excluding carboxylic acids is 1. The van der Waals surface area contributed by atoms with Gasteiger partial charge in [-0.25, -0.2) is 13.4 Å². The molecule has 162 valence electrons. The summed E-state index contributed by atoms with van der Waals surface area (Å²) in [4.78, 5) is 16.2. The highest BCUT2D eigenvalue weighted by Gasteiger charge is 2.15. The average Bonchev–Trinajstić information content (AvgIpc) is 3.24. The lowest BCUT2D eigenvalue weighted by atomic mass is 10.2. The third-order valence-corrected chi connectivity index (χ3v) is 6.73. The molecule has 1 heterocycles. The molecule has 8 nitrogen and oxygen atoms in total. The average molecular weight is 524 g/mol. The summed E-state index contributed by atoms with van der Waals surface area (Å²) < 4.78 is 38.3. The number of sulfonamides is 1. The minimum Gasteiger partial charge on any atom is -0.493 e. The van der Waals surface area contributed by atoms with Crippen LogP contribution in [0.1, 0.15) is 5.56 Å². The Morgan fingerprint density at radius 3 is 2.52 bits per heavy atom. The van der Waals surface area contributed by atoms with Gasteiger partial charge in [-0.3, -0.25) is 9.52 Å². The molecular weight excluding hydrogens is 506 g/mol. The monoisotopic (exact) mass is 523 g/mol. The largest absolute Gasteiger partial charge is 0.493 e. The van der Waals surface area contributed by atoms with Crippen LogP contribution in [0.2, 0.25) is 0 Å². The molecule has 1 amide bonds. The summed E-state index contributed by atoms with van der Waals surface area (Å²) >= 11 is 4.58. The minimum absolute atomic E-state index is 0.0615. The summed E-state index contributed by atoms with van der Waals surface area (Å²) in [6.45, 7) is 0. The van der Waals surface area contributed by atoms with Crippen LogP contribution in [0.15, 0.2) is 63.4 Å². The molecule has 0 aliphatic carbocycles. The van der Waals surface area contributed by atoms with Gasteiger partial charge in [0.25, 0.3) is 10.0 Å². The Bertz CT molecular complexity index is 1190. The second-order valence-electron chi connectivity index (χ2n) is 6.03. The Kier molecular flexibility index (Phi) is 7.31. The van der Waals surface area contributed by atoms with Crippen LogP contribution < -0.4 is 19.5 Å². The third kappa shape index (κ3) is 5.84. The van der Waals surface area contributed by atoms with Crippen molar-refractivity contribution in [3.8, 4) is 11.5 Å². The standard InChI is InChI=1S/C20H18BrN3O5S2/c1-28-17-12-13(11-16(21)19(17)29-2)3-8-18(25)23-14-4-6-15(7-5-14)31(26,27)24-20-22-9-10-30-20/h3-12H,1-2H3,(H,22,24)(H,23,25). The maximum absolute atomic E-state index is 12.4. The fraction of sp³-hybridized carbons (Fsp3) is 0.100. The smallest absolute Gasteiger partial charge is 0.263 e. The molecule has 2 aromatic carbocycles. The number of halogens is 1. The van der Waals surface area contributed by atoms with Crippen molar-refractivity contribution in [1.29, 1.82) is 0 Å². The van der Waals surface area contributed by atoms with Gasteiger partial charge in [-0.15, -0.1) is 11.3 Å². The number of hydrogen-bond acceptors (Lipinski definition) is 7. The Hall–Kier alpha value is -2.89. The summed E-state index contributed by atoms with van der Waals surface area (Å²) in [7, 11) is -0.679. The summed E-state index contributed by atoms with van der Waals surface area (Å²) in [5, 5.41) is 4.64. The highest BCUT2D eigenvalue weighted by molar-refractivity contribution is 9.10. The molecule has 0 unspecified atom stereocenters. The number of anilines is 2. The lowest BCUT2D eigenvalue weighted by Crippen LogP contribution is -2.13. The Balaban J connectivity index is 1.66. The molecule has 3 rings (SSSR count). The van der Waals surface area contributed by atoms with Gasteiger partial charge in [0, 0.05) is 23.3 Å². The second kappa shape index (κ2) is 9.94. The lowest BCUT2D eigenvalue weighted by Gasteiger charge is -2.10. The minimum atomic E-state index is -3.75. The van der Waals surface area contributed by atoms with Gasteiger partial charge in [-0.2, -0.15) is 0 Å². The number of thiazole rings is 1. The molecule has 0 fully saturated rings. The van der Waals surface area contributed by atoms with Crippen molar-refractivity contribution >= 4 is 60.1 Å². The number of amides is 1. The van der Waals surface area contributed by atoms with Crippen LogP contribution >= 0.6 is 27.3 Å². The number of benzene rings is 2. The molecule has 0 saturated carbocycles. The number of rotatable bonds is 8. The zero-order chi connectivity index (χ0) is 22.4. The first kappa shape index (κ1) is 22.8. The summed E-state index contributed by atoms with van der Waals surface area (Å²) in [6.07, 6.45) is 4.50. The molecule has 0 spiro atoms. The maximum Gasteiger partial charge on any atom is 0.263 e. The molecule has 31 heavy (non-hydrogen) atoms. The number of nitrogens with zero attached hydrogens (tertiary/aromatic N) is 1. The van der Waals surface area contributed by atoms with Crippen LogP contribution in [0.5, 0.6) is 11.5 Å². The van der Waals surface area contributed by atoms with Crippen molar-refractivity contribution in [2.75, 3.05) is 24.3 Å². The van der Waals surface area contributed by atoms with E-state index >= 15 is 0 Å². The molecule has 0 saturated heterocycles. The van der Waals surface area contributed by atoms with Crippen LogP contribution in [0.25, 0.3) is 6.08 Å². The van der Waals surface area contributed by atoms with E-state index < -0.39 is 10.0 Å². The van der Waals surface area contributed by atoms with Gasteiger partial charge in [0.05, 0.1) is 23.6 Å². The van der Waals surface area contributed by atoms with Crippen molar-refractivity contribution < 1.29 is 22.7 Å². The van der Waals surface area contributed by atoms with Crippen LogP contribution in [0, 0.1) is 0 Å². The summed E-state index contributed by atoms with van der Waals surface area (Å²) in [5.41, 5.74) is 1.19. The predicted octanol–water partition coefficient (Wildman–Crippen LogP) is 4.38. The first-order chi connectivity index (χ1) is 14.8. The Labute approximate surface area is 192 Å². The highest BCUT2D eigenvalue weighted by atomic mass is 79.9. The molecule has 0 radical (unpaired) electrons. The normalized spacial score (nSPS) is 11.3. The highest BCUT2D eigenvalue weighted by Crippen LogP contribution is 2.36. The predicted molar refractivity (Wildman–Crippen MR) is 124 cm³/mol. The van der Waals surface area contributed by atoms with Gasteiger partial charge < -0.3 is 14.8 Å². The van der Waals surface area contributed by atoms with Gasteiger partial charge in [0.1, 0.15) is 0 Å². The topological polar surface area (TPSA) is 107 Å². The van der Waals surface area contributed by atoms with Crippen molar-refractivity contribution in [3.63, 3.8) is 0 Å². The number of carbonyl (C=O) groups is 1. The van der Waals surface area contributed by atoms with E-state index in [1.54, 1.807) is 23.6 Å². The van der Waals surface area contributed by atoms with E-state index in [-0.39, 0.29) is 15.9 Å². The lowest BCUT2D eigenvalue weighted by molar-refractivity contribution is -0.111. The van der Waals surface area contributed by atoms with Gasteiger partial charge in [0.2, 0.25) is 5.91 Å². The third-order valence-electron chi connectivity index (χ3n) is 3.97. The molecule has 3 aromatic rings. The van der Waals surface area contributed by atoms with E-state index in [0.29, 0.717) is 21.7 Å². The van der Waals surface area contributed by atoms with E-state index in [1.807, 2.05) is 0 Å². The van der Waals surface area contributed by atoms with Crippen molar-refractivity contribution in [2.24, 2.45) is 0 Å². The van der Waals surface area contributed by atoms with Crippen LogP contribution in [0.3, 0.4) is 0 Å².